The molecule has 0 aromatic heterocycles. The van der Waals surface area contributed by atoms with Gasteiger partial charge in [-0.1, -0.05) is 32.0 Å². The molecule has 0 unspecified atom stereocenters. The molecule has 6 nitrogen and oxygen atoms in total. The van der Waals surface area contributed by atoms with E-state index in [-0.39, 0.29) is 21.7 Å². The summed E-state index contributed by atoms with van der Waals surface area (Å²) in [5, 5.41) is 0. The number of sulfone groups is 1. The molecule has 2 aromatic carbocycles. The first-order chi connectivity index (χ1) is 13.5. The predicted octanol–water partition coefficient (Wildman–Crippen LogP) is 3.13. The Morgan fingerprint density at radius 2 is 1.69 bits per heavy atom. The van der Waals surface area contributed by atoms with Gasteiger partial charge >= 0.3 is 5.97 Å². The van der Waals surface area contributed by atoms with E-state index in [0.717, 1.165) is 23.2 Å². The van der Waals surface area contributed by atoms with Crippen LogP contribution in [0.25, 0.3) is 0 Å². The van der Waals surface area contributed by atoms with Crippen molar-refractivity contribution >= 4 is 27.3 Å². The zero-order chi connectivity index (χ0) is 21.4. The highest BCUT2D eigenvalue weighted by Crippen LogP contribution is 2.46. The Balaban J connectivity index is 1.69. The third-order valence-corrected chi connectivity index (χ3v) is 6.23. The van der Waals surface area contributed by atoms with Gasteiger partial charge in [-0.15, -0.1) is 0 Å². The maximum absolute atomic E-state index is 12.4. The third kappa shape index (κ3) is 4.10. The molecule has 0 radical (unpaired) electrons. The van der Waals surface area contributed by atoms with Crippen LogP contribution < -0.4 is 4.90 Å². The smallest absolute Gasteiger partial charge is 0.338 e. The van der Waals surface area contributed by atoms with Crippen LogP contribution in [0.5, 0.6) is 0 Å². The Kier molecular flexibility index (Phi) is 5.36. The molecule has 1 heterocycles. The number of para-hydroxylation sites is 1. The Morgan fingerprint density at radius 1 is 1.07 bits per heavy atom. The average molecular weight is 413 g/mol. The van der Waals surface area contributed by atoms with Gasteiger partial charge in [0.05, 0.1) is 10.5 Å². The summed E-state index contributed by atoms with van der Waals surface area (Å²) in [6.07, 6.45) is 2.60. The van der Waals surface area contributed by atoms with E-state index in [2.05, 4.69) is 0 Å². The van der Waals surface area contributed by atoms with E-state index >= 15 is 0 Å². The van der Waals surface area contributed by atoms with E-state index in [1.165, 1.54) is 30.3 Å². The van der Waals surface area contributed by atoms with Crippen molar-refractivity contribution in [1.29, 1.82) is 0 Å². The molecular weight excluding hydrogens is 390 g/mol. The van der Waals surface area contributed by atoms with Crippen LogP contribution in [0, 0.1) is 0 Å². The fraction of sp³-hybridized carbons (Fsp3) is 0.273. The van der Waals surface area contributed by atoms with Gasteiger partial charge in [-0.05, 0) is 35.9 Å². The number of likely N-dealkylation sites (N-methyl/N-ethyl adjacent to an activating group) is 1. The van der Waals surface area contributed by atoms with Crippen molar-refractivity contribution in [2.45, 2.75) is 24.2 Å². The zero-order valence-corrected chi connectivity index (χ0v) is 17.6. The summed E-state index contributed by atoms with van der Waals surface area (Å²) in [4.78, 5) is 26.7. The molecule has 152 valence electrons. The van der Waals surface area contributed by atoms with Gasteiger partial charge in [0.1, 0.15) is 0 Å². The number of esters is 1. The van der Waals surface area contributed by atoms with Crippen LogP contribution in [0.1, 0.15) is 29.8 Å². The number of carbonyl (C=O) groups excluding carboxylic acids is 2. The normalized spacial score (nSPS) is 16.6. The lowest BCUT2D eigenvalue weighted by Crippen LogP contribution is -2.25. The van der Waals surface area contributed by atoms with Gasteiger partial charge in [-0.2, -0.15) is 0 Å². The lowest BCUT2D eigenvalue weighted by Gasteiger charge is -2.23. The molecule has 0 aliphatic carbocycles. The van der Waals surface area contributed by atoms with Gasteiger partial charge in [-0.3, -0.25) is 4.79 Å². The minimum absolute atomic E-state index is 0.112. The van der Waals surface area contributed by atoms with Crippen molar-refractivity contribution in [1.82, 2.24) is 0 Å². The highest BCUT2D eigenvalue weighted by Gasteiger charge is 2.38. The fourth-order valence-electron chi connectivity index (χ4n) is 3.51. The van der Waals surface area contributed by atoms with E-state index < -0.39 is 22.4 Å². The summed E-state index contributed by atoms with van der Waals surface area (Å²) in [6.45, 7) is 3.70. The molecule has 3 rings (SSSR count). The Morgan fingerprint density at radius 3 is 2.28 bits per heavy atom. The molecule has 0 bridgehead atoms. The predicted molar refractivity (Wildman–Crippen MR) is 111 cm³/mol. The maximum atomic E-state index is 12.4. The van der Waals surface area contributed by atoms with Crippen molar-refractivity contribution in [2.24, 2.45) is 0 Å². The summed E-state index contributed by atoms with van der Waals surface area (Å²) in [5.74, 6) is -1.01. The van der Waals surface area contributed by atoms with E-state index in [0.29, 0.717) is 0 Å². The second-order valence-corrected chi connectivity index (χ2v) is 9.59. The largest absolute Gasteiger partial charge is 0.454 e. The van der Waals surface area contributed by atoms with Crippen molar-refractivity contribution in [3.8, 4) is 0 Å². The van der Waals surface area contributed by atoms with E-state index in [4.69, 9.17) is 4.74 Å². The molecule has 0 fully saturated rings. The first-order valence-electron chi connectivity index (χ1n) is 9.07. The number of allylic oxidation sites excluding steroid dienone is 1. The Hall–Kier alpha value is -2.93. The van der Waals surface area contributed by atoms with E-state index in [1.54, 1.807) is 0 Å². The number of ketones is 1. The molecule has 0 saturated heterocycles. The maximum Gasteiger partial charge on any atom is 0.338 e. The number of hydrogen-bond donors (Lipinski definition) is 0. The van der Waals surface area contributed by atoms with Crippen LogP contribution >= 0.6 is 0 Å². The Bertz CT molecular complexity index is 1100. The molecule has 0 atom stereocenters. The van der Waals surface area contributed by atoms with Crippen LogP contribution in [-0.4, -0.2) is 40.1 Å². The number of rotatable bonds is 5. The minimum atomic E-state index is -3.34. The van der Waals surface area contributed by atoms with Gasteiger partial charge in [0.15, 0.2) is 22.2 Å². The second kappa shape index (κ2) is 7.48. The van der Waals surface area contributed by atoms with E-state index in [9.17, 15) is 18.0 Å². The molecule has 0 spiro atoms. The topological polar surface area (TPSA) is 80.8 Å². The number of carbonyl (C=O) groups is 2. The molecule has 0 saturated carbocycles. The monoisotopic (exact) mass is 413 g/mol. The summed E-state index contributed by atoms with van der Waals surface area (Å²) in [6, 6.07) is 13.4. The van der Waals surface area contributed by atoms with E-state index in [1.807, 2.05) is 50.1 Å². The first kappa shape index (κ1) is 20.8. The number of anilines is 1. The number of fused-ring (bicyclic) bond motifs is 1. The van der Waals surface area contributed by atoms with Crippen LogP contribution in [0.15, 0.2) is 65.2 Å². The molecule has 1 aliphatic rings. The van der Waals surface area contributed by atoms with Gasteiger partial charge in [0.25, 0.3) is 0 Å². The number of benzene rings is 2. The minimum Gasteiger partial charge on any atom is -0.454 e. The van der Waals surface area contributed by atoms with Crippen molar-refractivity contribution in [3.05, 3.63) is 71.4 Å². The van der Waals surface area contributed by atoms with Crippen molar-refractivity contribution < 1.29 is 22.7 Å². The van der Waals surface area contributed by atoms with Crippen LogP contribution in [0.4, 0.5) is 5.69 Å². The van der Waals surface area contributed by atoms with Gasteiger partial charge in [0.2, 0.25) is 0 Å². The van der Waals surface area contributed by atoms with Crippen molar-refractivity contribution in [3.63, 3.8) is 0 Å². The van der Waals surface area contributed by atoms with Gasteiger partial charge < -0.3 is 9.64 Å². The molecule has 2 aromatic rings. The quantitative estimate of drug-likeness (QED) is 0.553. The first-order valence-corrected chi connectivity index (χ1v) is 11.0. The fourth-order valence-corrected chi connectivity index (χ4v) is 4.14. The summed E-state index contributed by atoms with van der Waals surface area (Å²) in [7, 11) is -1.44. The molecular formula is C22H23NO5S. The van der Waals surface area contributed by atoms with Gasteiger partial charge in [0, 0.05) is 36.2 Å². The molecule has 0 N–H and O–H groups in total. The number of hydrogen-bond acceptors (Lipinski definition) is 6. The SMILES string of the molecule is CN1/C(=C\C(=O)COC(=O)c2ccc(S(C)(=O)=O)cc2)C(C)(C)c2ccccc21. The highest BCUT2D eigenvalue weighted by molar-refractivity contribution is 7.90. The number of nitrogens with zero attached hydrogens (tertiary/aromatic N) is 1. The third-order valence-electron chi connectivity index (χ3n) is 5.10. The standard InChI is InChI=1S/C22H23NO5S/c1-22(2)18-7-5-6-8-19(18)23(3)20(22)13-16(24)14-28-21(25)15-9-11-17(12-10-15)29(4,26)27/h5-13H,14H2,1-4H3/b20-13-. The molecule has 29 heavy (non-hydrogen) atoms. The van der Waals surface area contributed by atoms with Crippen molar-refractivity contribution in [2.75, 3.05) is 24.8 Å². The summed E-state index contributed by atoms with van der Waals surface area (Å²) < 4.78 is 28.1. The van der Waals surface area contributed by atoms with Crippen LogP contribution in [0.2, 0.25) is 0 Å². The Labute approximate surface area is 170 Å². The summed E-state index contributed by atoms with van der Waals surface area (Å²) >= 11 is 0. The number of ether oxygens (including phenoxy) is 1. The van der Waals surface area contributed by atoms with Gasteiger partial charge in [-0.25, -0.2) is 13.2 Å². The lowest BCUT2D eigenvalue weighted by atomic mass is 9.83. The van der Waals surface area contributed by atoms with Crippen LogP contribution in [0.3, 0.4) is 0 Å². The molecule has 0 amide bonds. The average Bonchev–Trinajstić information content (AvgIpc) is 2.86. The lowest BCUT2D eigenvalue weighted by molar-refractivity contribution is -0.117. The molecule has 1 aliphatic heterocycles. The van der Waals surface area contributed by atoms with Crippen LogP contribution in [-0.2, 0) is 24.8 Å². The zero-order valence-electron chi connectivity index (χ0n) is 16.8. The summed E-state index contributed by atoms with van der Waals surface area (Å²) in [5.41, 5.74) is 2.84. The highest BCUT2D eigenvalue weighted by atomic mass is 32.2. The second-order valence-electron chi connectivity index (χ2n) is 7.57. The molecule has 7 heteroatoms.